The molecule has 0 saturated carbocycles. The summed E-state index contributed by atoms with van der Waals surface area (Å²) in [6, 6.07) is -3.41. The minimum Gasteiger partial charge on any atom is -0.504 e. The second-order valence-corrected chi connectivity index (χ2v) is 32.2. The number of nitriles is 1. The highest BCUT2D eigenvalue weighted by molar-refractivity contribution is 6.75. The van der Waals surface area contributed by atoms with Gasteiger partial charge in [0.2, 0.25) is 0 Å². The van der Waals surface area contributed by atoms with Crippen molar-refractivity contribution in [3.05, 3.63) is 78.2 Å². The number of nitrogens with one attached hydrogen (secondary N) is 1. The third-order valence-corrected chi connectivity index (χ3v) is 27.6. The predicted molar refractivity (Wildman–Crippen MR) is 372 cm³/mol. The first kappa shape index (κ1) is 75.5. The molecule has 99 heavy (non-hydrogen) atoms. The highest BCUT2D eigenvalue weighted by Gasteiger charge is 2.59. The van der Waals surface area contributed by atoms with Gasteiger partial charge in [-0.3, -0.25) is 24.9 Å². The average Bonchev–Trinajstić information content (AvgIpc) is 0.699. The van der Waals surface area contributed by atoms with Gasteiger partial charge in [0.1, 0.15) is 47.2 Å². The number of benzene rings is 4. The lowest BCUT2D eigenvalue weighted by Gasteiger charge is -2.59. The van der Waals surface area contributed by atoms with Crippen molar-refractivity contribution in [2.75, 3.05) is 110 Å². The van der Waals surface area contributed by atoms with E-state index in [1.54, 1.807) is 49.0 Å². The third-order valence-electron chi connectivity index (χ3n) is 22.2. The number of hydrogen-bond donors (Lipinski definition) is 5. The van der Waals surface area contributed by atoms with Gasteiger partial charge in [-0.15, -0.1) is 0 Å². The Kier molecular flexibility index (Phi) is 23.4. The molecular weight excluding hydrogens is 1290 g/mol. The number of hydrogen-bond acceptors (Lipinski definition) is 24. The number of likely N-dealkylation sites (N-methyl/N-ethyl adjacent to an activating group) is 2. The number of morpholine rings is 1. The maximum absolute atomic E-state index is 13.9. The molecule has 2 saturated heterocycles. The van der Waals surface area contributed by atoms with Crippen LogP contribution in [-0.2, 0) is 53.9 Å². The van der Waals surface area contributed by atoms with Crippen LogP contribution in [0, 0.1) is 45.6 Å². The highest BCUT2D eigenvalue weighted by atomic mass is 28.4. The van der Waals surface area contributed by atoms with E-state index in [-0.39, 0.29) is 78.1 Å². The quantitative estimate of drug-likeness (QED) is 0.0295. The summed E-state index contributed by atoms with van der Waals surface area (Å²) < 4.78 is 70.4. The van der Waals surface area contributed by atoms with Gasteiger partial charge in [0.05, 0.1) is 101 Å². The lowest BCUT2D eigenvalue weighted by atomic mass is 9.71. The molecule has 0 radical (unpaired) electrons. The van der Waals surface area contributed by atoms with E-state index in [1.807, 2.05) is 32.8 Å². The van der Waals surface area contributed by atoms with Crippen molar-refractivity contribution in [1.29, 1.82) is 5.26 Å². The Morgan fingerprint density at radius 3 is 1.53 bits per heavy atom. The van der Waals surface area contributed by atoms with E-state index >= 15 is 0 Å². The SMILES string of the molecule is CCOC(=O)C1c2c(O)c(OC)c(C)c(OC)c2C[C@H]2[C@H]3c4c(O)c(OC)c(C)c(OC)c4C[C@@H]([C@H](C#N)N12)N3C.[C-]#[N+]C(C1Cc2c(OC)c(C)c(OC)c(O)c2C(C2Cc3c(OC)c(C)c(OC)c(O)c3[C@H](C(=O)OCC)N2)N1C)N1CCO[C@@H](CCO[Si](C)(C(C)C)C(C)C)C1. The summed E-state index contributed by atoms with van der Waals surface area (Å²) in [5, 5.41) is 61.1. The number of esters is 2. The molecule has 10 rings (SSSR count). The maximum atomic E-state index is 13.9. The average molecular weight is 1390 g/mol. The number of carbonyl (C=O) groups is 2. The molecule has 2 bridgehead atoms. The normalized spacial score (nSPS) is 23.8. The highest BCUT2D eigenvalue weighted by Crippen LogP contribution is 2.60. The fourth-order valence-corrected chi connectivity index (χ4v) is 19.7. The van der Waals surface area contributed by atoms with Gasteiger partial charge in [-0.25, -0.2) is 21.1 Å². The summed E-state index contributed by atoms with van der Waals surface area (Å²) in [6.45, 7) is 33.2. The number of ether oxygens (including phenoxy) is 11. The van der Waals surface area contributed by atoms with Crippen LogP contribution in [-0.4, -0.2) is 213 Å². The lowest BCUT2D eigenvalue weighted by Crippen LogP contribution is -2.68. The van der Waals surface area contributed by atoms with Gasteiger partial charge in [-0.1, -0.05) is 27.7 Å². The van der Waals surface area contributed by atoms with Crippen LogP contribution >= 0.6 is 0 Å². The van der Waals surface area contributed by atoms with Gasteiger partial charge < -0.3 is 77.0 Å². The van der Waals surface area contributed by atoms with E-state index < -0.39 is 68.7 Å². The van der Waals surface area contributed by atoms with Crippen LogP contribution in [0.5, 0.6) is 69.0 Å². The van der Waals surface area contributed by atoms with Gasteiger partial charge >= 0.3 is 11.9 Å². The number of nitrogens with zero attached hydrogens (tertiary/aromatic N) is 6. The first-order valence-corrected chi connectivity index (χ1v) is 36.7. The molecule has 0 amide bonds. The molecular formula is C73H103N7O18Si. The lowest BCUT2D eigenvalue weighted by molar-refractivity contribution is -0.159. The molecule has 5 unspecified atom stereocenters. The van der Waals surface area contributed by atoms with Gasteiger partial charge in [0, 0.05) is 111 Å². The van der Waals surface area contributed by atoms with E-state index in [2.05, 4.69) is 65.2 Å². The van der Waals surface area contributed by atoms with Gasteiger partial charge in [-0.05, 0) is 99.0 Å². The number of aromatic hydroxyl groups is 4. The fourth-order valence-electron chi connectivity index (χ4n) is 17.1. The van der Waals surface area contributed by atoms with Gasteiger partial charge in [-0.2, -0.15) is 5.26 Å². The molecule has 6 aliphatic rings. The van der Waals surface area contributed by atoms with Crippen molar-refractivity contribution < 1.29 is 86.5 Å². The van der Waals surface area contributed by atoms with Crippen molar-refractivity contribution in [2.45, 2.75) is 186 Å². The van der Waals surface area contributed by atoms with Crippen LogP contribution in [0.15, 0.2) is 0 Å². The summed E-state index contributed by atoms with van der Waals surface area (Å²) in [4.78, 5) is 40.3. The zero-order valence-corrected chi connectivity index (χ0v) is 62.5. The van der Waals surface area contributed by atoms with Gasteiger partial charge in [0.15, 0.2) is 54.3 Å². The zero-order chi connectivity index (χ0) is 72.7. The van der Waals surface area contributed by atoms with E-state index in [0.29, 0.717) is 141 Å². The number of phenolic OH excluding ortho intramolecular Hbond substituents is 4. The number of fused-ring (bicyclic) bond motifs is 9. The largest absolute Gasteiger partial charge is 0.504 e. The molecule has 4 aromatic carbocycles. The number of methoxy groups -OCH3 is 8. The molecule has 0 aliphatic carbocycles. The Balaban J connectivity index is 0.000000245. The number of piperazine rings is 1. The van der Waals surface area contributed by atoms with Crippen molar-refractivity contribution in [2.24, 2.45) is 0 Å². The van der Waals surface area contributed by atoms with Crippen LogP contribution in [0.3, 0.4) is 0 Å². The molecule has 0 spiro atoms. The second kappa shape index (κ2) is 30.7. The molecule has 4 aromatic rings. The van der Waals surface area contributed by atoms with Crippen molar-refractivity contribution in [3.63, 3.8) is 0 Å². The maximum Gasteiger partial charge on any atom is 0.328 e. The molecule has 6 aliphatic heterocycles. The predicted octanol–water partition coefficient (Wildman–Crippen LogP) is 9.30. The monoisotopic (exact) mass is 1390 g/mol. The van der Waals surface area contributed by atoms with Crippen molar-refractivity contribution >= 4 is 20.3 Å². The van der Waals surface area contributed by atoms with Crippen LogP contribution in [0.25, 0.3) is 4.85 Å². The van der Waals surface area contributed by atoms with E-state index in [1.165, 1.54) is 35.5 Å². The Bertz CT molecular complexity index is 3770. The Labute approximate surface area is 583 Å². The molecule has 11 atom stereocenters. The number of rotatable bonds is 21. The van der Waals surface area contributed by atoms with E-state index in [0.717, 1.165) is 17.5 Å². The molecule has 0 aromatic heterocycles. The minimum atomic E-state index is -1.94. The van der Waals surface area contributed by atoms with Crippen LogP contribution in [0.2, 0.25) is 17.6 Å². The molecule has 25 nitrogen and oxygen atoms in total. The van der Waals surface area contributed by atoms with Gasteiger partial charge in [0.25, 0.3) is 6.17 Å². The van der Waals surface area contributed by atoms with Crippen LogP contribution in [0.1, 0.15) is 139 Å². The minimum absolute atomic E-state index is 0.00524. The van der Waals surface area contributed by atoms with Crippen molar-refractivity contribution in [1.82, 2.24) is 24.9 Å². The van der Waals surface area contributed by atoms with Crippen molar-refractivity contribution in [3.8, 4) is 75.1 Å². The third kappa shape index (κ3) is 12.7. The molecule has 2 fully saturated rings. The number of phenols is 4. The molecule has 6 heterocycles. The first-order chi connectivity index (χ1) is 47.2. The zero-order valence-electron chi connectivity index (χ0n) is 61.5. The molecule has 5 N–H and O–H groups in total. The van der Waals surface area contributed by atoms with Crippen LogP contribution < -0.4 is 43.2 Å². The van der Waals surface area contributed by atoms with Crippen LogP contribution in [0.4, 0.5) is 0 Å². The summed E-state index contributed by atoms with van der Waals surface area (Å²) in [7, 11) is 14.1. The summed E-state index contributed by atoms with van der Waals surface area (Å²) in [5.41, 5.74) is 8.14. The summed E-state index contributed by atoms with van der Waals surface area (Å²) in [6.07, 6.45) is 1.43. The first-order valence-electron chi connectivity index (χ1n) is 34.1. The molecule has 542 valence electrons. The number of carbonyl (C=O) groups excluding carboxylic acids is 2. The van der Waals surface area contributed by atoms with E-state index in [4.69, 9.17) is 63.1 Å². The Morgan fingerprint density at radius 2 is 1.06 bits per heavy atom. The fraction of sp³-hybridized carbons (Fsp3) is 0.616. The van der Waals surface area contributed by atoms with E-state index in [9.17, 15) is 35.3 Å². The Hall–Kier alpha value is -7.66. The second-order valence-electron chi connectivity index (χ2n) is 27.3. The Morgan fingerprint density at radius 1 is 0.626 bits per heavy atom. The molecule has 26 heteroatoms. The topological polar surface area (TPSA) is 279 Å². The smallest absolute Gasteiger partial charge is 0.328 e. The summed E-state index contributed by atoms with van der Waals surface area (Å²) >= 11 is 0. The standard InChI is InChI=1S/C43H66N4O10Si.C30H37N3O8/c1-15-55-43(50)34-32-28(38(51-10)25(6)40(53-12)36(32)48)20-30(45-34)35-33-29(39(52-11)26(7)41(54-13)37(33)49)21-31(46(35)9)42(44-8)47-17-19-56-27(22-47)16-18-57-58(14,23(2)3)24(4)5;1-9-41-30(36)23-21-16(27(38-6)14(3)29(40-8)25(21)35)11-18-22-20-15(10-17(32(22)4)19(12-31)33(18)23)26(37-5)13(2)28(39-7)24(20)34/h23-24,27,30-31,34-35,42,45,48-49H,15-22H2,1-7,9-14H3;17-19,22-23,34-35H,9-11H2,1-8H3/t27-,30?,31?,34+,35?,42?;17-,18-,19-,22-,23?/m00/s1. The summed E-state index contributed by atoms with van der Waals surface area (Å²) in [5.74, 6) is 1.61.